The van der Waals surface area contributed by atoms with Crippen LogP contribution in [0.1, 0.15) is 26.2 Å². The van der Waals surface area contributed by atoms with Gasteiger partial charge in [0.2, 0.25) is 0 Å². The van der Waals surface area contributed by atoms with Gasteiger partial charge < -0.3 is 9.47 Å². The number of rotatable bonds is 2. The second-order valence-electron chi connectivity index (χ2n) is 2.74. The average Bonchev–Trinajstić information content (AvgIpc) is 1.88. The molecule has 1 unspecified atom stereocenters. The van der Waals surface area contributed by atoms with E-state index in [9.17, 15) is 0 Å². The molecule has 0 bridgehead atoms. The molecular weight excluding hydrogens is 128 g/mol. The minimum absolute atomic E-state index is 0.0150. The molecule has 0 aromatic rings. The van der Waals surface area contributed by atoms with Crippen molar-refractivity contribution in [3.8, 4) is 0 Å². The molecule has 1 aliphatic rings. The SMILES string of the molecule is [CH2][C@H](C)OC1CCCCO1. The van der Waals surface area contributed by atoms with E-state index in [0.29, 0.717) is 0 Å². The van der Waals surface area contributed by atoms with Crippen LogP contribution in [0, 0.1) is 6.92 Å². The van der Waals surface area contributed by atoms with Crippen molar-refractivity contribution in [3.05, 3.63) is 6.92 Å². The highest BCUT2D eigenvalue weighted by Crippen LogP contribution is 2.14. The predicted octanol–water partition coefficient (Wildman–Crippen LogP) is 1.75. The Kier molecular flexibility index (Phi) is 3.16. The molecule has 1 fully saturated rings. The molecule has 2 heteroatoms. The van der Waals surface area contributed by atoms with E-state index >= 15 is 0 Å². The standard InChI is InChI=1S/C8H15O2/c1-7(2)10-8-5-3-4-6-9-8/h7-8H,1,3-6H2,2H3/t7-,8?/m1/s1. The predicted molar refractivity (Wildman–Crippen MR) is 39.5 cm³/mol. The lowest BCUT2D eigenvalue weighted by Gasteiger charge is -2.24. The molecule has 0 N–H and O–H groups in total. The van der Waals surface area contributed by atoms with Crippen LogP contribution in [0.4, 0.5) is 0 Å². The van der Waals surface area contributed by atoms with Crippen LogP contribution < -0.4 is 0 Å². The van der Waals surface area contributed by atoms with Gasteiger partial charge in [-0.2, -0.15) is 0 Å². The van der Waals surface area contributed by atoms with Gasteiger partial charge in [-0.3, -0.25) is 0 Å². The Labute approximate surface area is 62.5 Å². The maximum absolute atomic E-state index is 5.36. The molecule has 1 heterocycles. The van der Waals surface area contributed by atoms with Crippen molar-refractivity contribution >= 4 is 0 Å². The first-order chi connectivity index (χ1) is 4.79. The van der Waals surface area contributed by atoms with Crippen molar-refractivity contribution in [2.75, 3.05) is 6.61 Å². The second kappa shape index (κ2) is 3.94. The summed E-state index contributed by atoms with van der Waals surface area (Å²) in [7, 11) is 0. The quantitative estimate of drug-likeness (QED) is 0.586. The van der Waals surface area contributed by atoms with Crippen molar-refractivity contribution in [2.45, 2.75) is 38.6 Å². The summed E-state index contributed by atoms with van der Waals surface area (Å²) in [5, 5.41) is 0. The summed E-state index contributed by atoms with van der Waals surface area (Å²) in [5.41, 5.74) is 0. The summed E-state index contributed by atoms with van der Waals surface area (Å²) in [5.74, 6) is 0. The monoisotopic (exact) mass is 143 g/mol. The number of ether oxygens (including phenoxy) is 2. The first-order valence-electron chi connectivity index (χ1n) is 3.89. The number of hydrogen-bond donors (Lipinski definition) is 0. The topological polar surface area (TPSA) is 18.5 Å². The van der Waals surface area contributed by atoms with Crippen molar-refractivity contribution in [2.24, 2.45) is 0 Å². The minimum atomic E-state index is 0.0150. The van der Waals surface area contributed by atoms with Gasteiger partial charge in [-0.25, -0.2) is 0 Å². The highest BCUT2D eigenvalue weighted by atomic mass is 16.7. The Morgan fingerprint density at radius 2 is 2.40 bits per heavy atom. The smallest absolute Gasteiger partial charge is 0.157 e. The van der Waals surface area contributed by atoms with Gasteiger partial charge >= 0.3 is 0 Å². The molecule has 0 amide bonds. The van der Waals surface area contributed by atoms with E-state index < -0.39 is 0 Å². The molecule has 1 aliphatic heterocycles. The van der Waals surface area contributed by atoms with Crippen LogP contribution >= 0.6 is 0 Å². The largest absolute Gasteiger partial charge is 0.353 e. The Morgan fingerprint density at radius 1 is 1.60 bits per heavy atom. The summed E-state index contributed by atoms with van der Waals surface area (Å²) < 4.78 is 10.7. The second-order valence-corrected chi connectivity index (χ2v) is 2.74. The van der Waals surface area contributed by atoms with Gasteiger partial charge in [-0.1, -0.05) is 0 Å². The fourth-order valence-corrected chi connectivity index (χ4v) is 1.08. The highest BCUT2D eigenvalue weighted by molar-refractivity contribution is 4.57. The Bertz CT molecular complexity index is 85.3. The van der Waals surface area contributed by atoms with Crippen molar-refractivity contribution in [3.63, 3.8) is 0 Å². The van der Waals surface area contributed by atoms with E-state index in [4.69, 9.17) is 9.47 Å². The lowest BCUT2D eigenvalue weighted by atomic mass is 10.2. The molecule has 0 aromatic carbocycles. The lowest BCUT2D eigenvalue weighted by Crippen LogP contribution is -2.25. The molecule has 2 nitrogen and oxygen atoms in total. The van der Waals surface area contributed by atoms with Gasteiger partial charge in [0.25, 0.3) is 0 Å². The normalized spacial score (nSPS) is 27.3. The van der Waals surface area contributed by atoms with Crippen LogP contribution in [0.3, 0.4) is 0 Å². The molecule has 0 saturated carbocycles. The summed E-state index contributed by atoms with van der Waals surface area (Å²) in [6.07, 6.45) is 3.48. The van der Waals surface area contributed by atoms with Gasteiger partial charge in [0, 0.05) is 6.61 Å². The van der Waals surface area contributed by atoms with E-state index in [1.807, 2.05) is 6.92 Å². The van der Waals surface area contributed by atoms with Crippen LogP contribution in [0.2, 0.25) is 0 Å². The van der Waals surface area contributed by atoms with Crippen molar-refractivity contribution in [1.82, 2.24) is 0 Å². The summed E-state index contributed by atoms with van der Waals surface area (Å²) in [6, 6.07) is 0. The first kappa shape index (κ1) is 8.02. The van der Waals surface area contributed by atoms with Crippen LogP contribution in [0.5, 0.6) is 0 Å². The number of hydrogen-bond acceptors (Lipinski definition) is 2. The van der Waals surface area contributed by atoms with Gasteiger partial charge in [0.15, 0.2) is 6.29 Å². The van der Waals surface area contributed by atoms with Crippen LogP contribution in [0.25, 0.3) is 0 Å². The highest BCUT2D eigenvalue weighted by Gasteiger charge is 2.14. The van der Waals surface area contributed by atoms with E-state index in [0.717, 1.165) is 13.0 Å². The molecule has 1 radical (unpaired) electrons. The van der Waals surface area contributed by atoms with E-state index in [1.165, 1.54) is 12.8 Å². The third-order valence-electron chi connectivity index (χ3n) is 1.52. The van der Waals surface area contributed by atoms with Crippen LogP contribution in [-0.2, 0) is 9.47 Å². The van der Waals surface area contributed by atoms with Crippen LogP contribution in [-0.4, -0.2) is 19.0 Å². The van der Waals surface area contributed by atoms with Crippen molar-refractivity contribution in [1.29, 1.82) is 0 Å². The third-order valence-corrected chi connectivity index (χ3v) is 1.52. The maximum atomic E-state index is 5.36. The molecular formula is C8H15O2. The van der Waals surface area contributed by atoms with Gasteiger partial charge in [-0.05, 0) is 33.1 Å². The van der Waals surface area contributed by atoms with E-state index in [1.54, 1.807) is 0 Å². The molecule has 10 heavy (non-hydrogen) atoms. The Balaban J connectivity index is 2.13. The summed E-state index contributed by atoms with van der Waals surface area (Å²) >= 11 is 0. The van der Waals surface area contributed by atoms with Gasteiger partial charge in [0.05, 0.1) is 6.10 Å². The zero-order valence-electron chi connectivity index (χ0n) is 6.51. The fourth-order valence-electron chi connectivity index (χ4n) is 1.08. The lowest BCUT2D eigenvalue weighted by molar-refractivity contribution is -0.175. The summed E-state index contributed by atoms with van der Waals surface area (Å²) in [4.78, 5) is 0. The van der Waals surface area contributed by atoms with Crippen LogP contribution in [0.15, 0.2) is 0 Å². The zero-order chi connectivity index (χ0) is 7.40. The maximum Gasteiger partial charge on any atom is 0.157 e. The molecule has 59 valence electrons. The molecule has 0 aliphatic carbocycles. The fraction of sp³-hybridized carbons (Fsp3) is 0.875. The average molecular weight is 143 g/mol. The molecule has 2 atom stereocenters. The zero-order valence-corrected chi connectivity index (χ0v) is 6.51. The van der Waals surface area contributed by atoms with Gasteiger partial charge in [0.1, 0.15) is 0 Å². The van der Waals surface area contributed by atoms with E-state index in [2.05, 4.69) is 6.92 Å². The summed E-state index contributed by atoms with van der Waals surface area (Å²) in [6.45, 7) is 6.50. The molecule has 0 spiro atoms. The third kappa shape index (κ3) is 2.67. The van der Waals surface area contributed by atoms with E-state index in [-0.39, 0.29) is 12.4 Å². The molecule has 1 saturated heterocycles. The minimum Gasteiger partial charge on any atom is -0.353 e. The molecule has 0 aromatic heterocycles. The Morgan fingerprint density at radius 3 is 2.90 bits per heavy atom. The first-order valence-corrected chi connectivity index (χ1v) is 3.89. The van der Waals surface area contributed by atoms with Crippen molar-refractivity contribution < 1.29 is 9.47 Å². The van der Waals surface area contributed by atoms with Gasteiger partial charge in [-0.15, -0.1) is 0 Å². The molecule has 1 rings (SSSR count). The Hall–Kier alpha value is -0.0800.